The Kier molecular flexibility index (Phi) is 6.09. The molecule has 22 heavy (non-hydrogen) atoms. The number of nitrogens with zero attached hydrogens (tertiary/aromatic N) is 1. The topological polar surface area (TPSA) is 71.1 Å². The molecule has 6 heteroatoms. The van der Waals surface area contributed by atoms with E-state index in [4.69, 9.17) is 0 Å². The molecule has 2 rings (SSSR count). The van der Waals surface area contributed by atoms with Crippen LogP contribution in [0.25, 0.3) is 0 Å². The van der Waals surface area contributed by atoms with Gasteiger partial charge in [0.15, 0.2) is 0 Å². The lowest BCUT2D eigenvalue weighted by Gasteiger charge is -2.08. The third kappa shape index (κ3) is 5.29. The number of aromatic nitrogens is 1. The third-order valence-electron chi connectivity index (χ3n) is 2.96. The van der Waals surface area contributed by atoms with Crippen LogP contribution >= 0.6 is 15.9 Å². The fourth-order valence-corrected chi connectivity index (χ4v) is 2.21. The van der Waals surface area contributed by atoms with Gasteiger partial charge in [0.25, 0.3) is 0 Å². The molecule has 114 valence electrons. The first-order chi connectivity index (χ1) is 10.6. The van der Waals surface area contributed by atoms with Crippen molar-refractivity contribution < 1.29 is 9.59 Å². The van der Waals surface area contributed by atoms with E-state index in [2.05, 4.69) is 31.5 Å². The number of anilines is 1. The van der Waals surface area contributed by atoms with Crippen LogP contribution in [0.4, 0.5) is 5.69 Å². The standard InChI is InChI=1S/C16H16BrN3O2/c17-13-5-1-2-6-14(13)20-16(22)11-19-15(21)8-7-12-4-3-9-18-10-12/h1-6,9-10H,7-8,11H2,(H,19,21)(H,20,22). The maximum Gasteiger partial charge on any atom is 0.243 e. The minimum atomic E-state index is -0.262. The summed E-state index contributed by atoms with van der Waals surface area (Å²) in [5.74, 6) is -0.423. The van der Waals surface area contributed by atoms with Crippen molar-refractivity contribution in [1.29, 1.82) is 0 Å². The number of nitrogens with one attached hydrogen (secondary N) is 2. The van der Waals surface area contributed by atoms with Gasteiger partial charge < -0.3 is 10.6 Å². The molecule has 0 atom stereocenters. The van der Waals surface area contributed by atoms with Crippen molar-refractivity contribution in [3.8, 4) is 0 Å². The number of hydrogen-bond acceptors (Lipinski definition) is 3. The molecule has 0 saturated carbocycles. The second-order valence-corrected chi connectivity index (χ2v) is 5.52. The Morgan fingerprint density at radius 3 is 2.64 bits per heavy atom. The molecular formula is C16H16BrN3O2. The summed E-state index contributed by atoms with van der Waals surface area (Å²) in [5, 5.41) is 5.33. The van der Waals surface area contributed by atoms with Gasteiger partial charge in [-0.05, 0) is 46.1 Å². The zero-order valence-corrected chi connectivity index (χ0v) is 13.5. The van der Waals surface area contributed by atoms with E-state index in [0.29, 0.717) is 18.5 Å². The first-order valence-corrected chi connectivity index (χ1v) is 7.64. The van der Waals surface area contributed by atoms with Crippen LogP contribution in [0.3, 0.4) is 0 Å². The van der Waals surface area contributed by atoms with E-state index in [-0.39, 0.29) is 18.4 Å². The summed E-state index contributed by atoms with van der Waals surface area (Å²) in [7, 11) is 0. The summed E-state index contributed by atoms with van der Waals surface area (Å²) < 4.78 is 0.797. The predicted molar refractivity (Wildman–Crippen MR) is 88.3 cm³/mol. The third-order valence-corrected chi connectivity index (χ3v) is 3.65. The van der Waals surface area contributed by atoms with E-state index < -0.39 is 0 Å². The summed E-state index contributed by atoms with van der Waals surface area (Å²) in [6.45, 7) is -0.0484. The van der Waals surface area contributed by atoms with Crippen molar-refractivity contribution >= 4 is 33.4 Å². The second-order valence-electron chi connectivity index (χ2n) is 4.67. The smallest absolute Gasteiger partial charge is 0.243 e. The first-order valence-electron chi connectivity index (χ1n) is 6.85. The summed E-state index contributed by atoms with van der Waals surface area (Å²) in [4.78, 5) is 27.5. The minimum Gasteiger partial charge on any atom is -0.347 e. The number of amides is 2. The Morgan fingerprint density at radius 2 is 1.91 bits per heavy atom. The van der Waals surface area contributed by atoms with E-state index in [1.165, 1.54) is 0 Å². The number of halogens is 1. The number of carbonyl (C=O) groups is 2. The van der Waals surface area contributed by atoms with Gasteiger partial charge in [-0.1, -0.05) is 18.2 Å². The maximum atomic E-state index is 11.8. The molecule has 0 aliphatic rings. The lowest BCUT2D eigenvalue weighted by Crippen LogP contribution is -2.33. The highest BCUT2D eigenvalue weighted by atomic mass is 79.9. The van der Waals surface area contributed by atoms with Crippen molar-refractivity contribution in [2.75, 3.05) is 11.9 Å². The van der Waals surface area contributed by atoms with Gasteiger partial charge in [-0.2, -0.15) is 0 Å². The summed E-state index contributed by atoms with van der Waals surface area (Å²) in [6, 6.07) is 11.1. The van der Waals surface area contributed by atoms with E-state index in [0.717, 1.165) is 10.0 Å². The largest absolute Gasteiger partial charge is 0.347 e. The highest BCUT2D eigenvalue weighted by Gasteiger charge is 2.07. The van der Waals surface area contributed by atoms with Crippen LogP contribution in [-0.2, 0) is 16.0 Å². The Balaban J connectivity index is 1.72. The van der Waals surface area contributed by atoms with Crippen molar-refractivity contribution in [2.24, 2.45) is 0 Å². The zero-order chi connectivity index (χ0) is 15.8. The molecule has 1 aromatic carbocycles. The Hall–Kier alpha value is -2.21. The highest BCUT2D eigenvalue weighted by molar-refractivity contribution is 9.10. The SMILES string of the molecule is O=C(CCc1cccnc1)NCC(=O)Nc1ccccc1Br. The van der Waals surface area contributed by atoms with Gasteiger partial charge in [0.2, 0.25) is 11.8 Å². The quantitative estimate of drug-likeness (QED) is 0.830. The number of benzene rings is 1. The Bertz CT molecular complexity index is 647. The van der Waals surface area contributed by atoms with Crippen LogP contribution in [0.5, 0.6) is 0 Å². The van der Waals surface area contributed by atoms with Crippen LogP contribution in [0.2, 0.25) is 0 Å². The minimum absolute atomic E-state index is 0.0484. The first kappa shape index (κ1) is 16.2. The summed E-state index contributed by atoms with van der Waals surface area (Å²) in [5.41, 5.74) is 1.67. The highest BCUT2D eigenvalue weighted by Crippen LogP contribution is 2.20. The molecule has 0 aliphatic heterocycles. The molecule has 0 saturated heterocycles. The van der Waals surface area contributed by atoms with Crippen LogP contribution < -0.4 is 10.6 Å². The summed E-state index contributed by atoms with van der Waals surface area (Å²) in [6.07, 6.45) is 4.35. The lowest BCUT2D eigenvalue weighted by molar-refractivity contribution is -0.124. The van der Waals surface area contributed by atoms with Crippen molar-refractivity contribution in [3.05, 3.63) is 58.8 Å². The van der Waals surface area contributed by atoms with E-state index in [1.54, 1.807) is 18.5 Å². The molecule has 2 amide bonds. The molecule has 0 radical (unpaired) electrons. The number of rotatable bonds is 6. The average Bonchev–Trinajstić information content (AvgIpc) is 2.54. The molecule has 0 spiro atoms. The van der Waals surface area contributed by atoms with Gasteiger partial charge in [-0.3, -0.25) is 14.6 Å². The number of para-hydroxylation sites is 1. The van der Waals surface area contributed by atoms with Gasteiger partial charge in [0.05, 0.1) is 12.2 Å². The molecule has 2 aromatic rings. The average molecular weight is 362 g/mol. The Labute approximate surface area is 137 Å². The molecule has 0 aliphatic carbocycles. The fourth-order valence-electron chi connectivity index (χ4n) is 1.83. The van der Waals surface area contributed by atoms with Crippen molar-refractivity contribution in [3.63, 3.8) is 0 Å². The van der Waals surface area contributed by atoms with Crippen LogP contribution in [0.1, 0.15) is 12.0 Å². The number of hydrogen-bond donors (Lipinski definition) is 2. The van der Waals surface area contributed by atoms with Gasteiger partial charge >= 0.3 is 0 Å². The summed E-state index contributed by atoms with van der Waals surface area (Å²) >= 11 is 3.35. The fraction of sp³-hybridized carbons (Fsp3) is 0.188. The number of carbonyl (C=O) groups excluding carboxylic acids is 2. The lowest BCUT2D eigenvalue weighted by atomic mass is 10.1. The normalized spacial score (nSPS) is 10.0. The molecule has 1 aromatic heterocycles. The van der Waals surface area contributed by atoms with Crippen LogP contribution in [0, 0.1) is 0 Å². The van der Waals surface area contributed by atoms with Crippen LogP contribution in [0.15, 0.2) is 53.3 Å². The number of aryl methyl sites for hydroxylation is 1. The van der Waals surface area contributed by atoms with E-state index >= 15 is 0 Å². The second kappa shape index (κ2) is 8.29. The monoisotopic (exact) mass is 361 g/mol. The van der Waals surface area contributed by atoms with Gasteiger partial charge in [-0.15, -0.1) is 0 Å². The molecule has 1 heterocycles. The van der Waals surface area contributed by atoms with Gasteiger partial charge in [0.1, 0.15) is 0 Å². The number of pyridine rings is 1. The molecule has 2 N–H and O–H groups in total. The molecule has 0 unspecified atom stereocenters. The zero-order valence-electron chi connectivity index (χ0n) is 11.9. The van der Waals surface area contributed by atoms with E-state index in [1.807, 2.05) is 30.3 Å². The van der Waals surface area contributed by atoms with Gasteiger partial charge in [0, 0.05) is 23.3 Å². The molecular weight excluding hydrogens is 346 g/mol. The molecule has 0 bridgehead atoms. The van der Waals surface area contributed by atoms with Crippen molar-refractivity contribution in [2.45, 2.75) is 12.8 Å². The molecule has 5 nitrogen and oxygen atoms in total. The predicted octanol–water partition coefficient (Wildman–Crippen LogP) is 2.53. The molecule has 0 fully saturated rings. The maximum absolute atomic E-state index is 11.8. The Morgan fingerprint density at radius 1 is 1.09 bits per heavy atom. The van der Waals surface area contributed by atoms with Gasteiger partial charge in [-0.25, -0.2) is 0 Å². The van der Waals surface area contributed by atoms with Crippen molar-refractivity contribution in [1.82, 2.24) is 10.3 Å². The van der Waals surface area contributed by atoms with E-state index in [9.17, 15) is 9.59 Å². The van der Waals surface area contributed by atoms with Crippen LogP contribution in [-0.4, -0.2) is 23.3 Å².